The van der Waals surface area contributed by atoms with Gasteiger partial charge in [0.15, 0.2) is 0 Å². The summed E-state index contributed by atoms with van der Waals surface area (Å²) in [6.07, 6.45) is 0. The van der Waals surface area contributed by atoms with Crippen molar-refractivity contribution in [1.29, 1.82) is 0 Å². The van der Waals surface area contributed by atoms with Crippen molar-refractivity contribution in [2.75, 3.05) is 0 Å². The van der Waals surface area contributed by atoms with Crippen molar-refractivity contribution in [2.45, 2.75) is 6.54 Å². The highest BCUT2D eigenvalue weighted by molar-refractivity contribution is 9.10. The molecule has 0 heterocycles. The number of nitrogens with two attached hydrogens (primary N) is 1. The van der Waals surface area contributed by atoms with Crippen molar-refractivity contribution in [2.24, 2.45) is 5.73 Å². The second kappa shape index (κ2) is 5.54. The average Bonchev–Trinajstić information content (AvgIpc) is 2.34. The lowest BCUT2D eigenvalue weighted by Gasteiger charge is -2.08. The Balaban J connectivity index is 2.19. The lowest BCUT2D eigenvalue weighted by Crippen LogP contribution is -1.95. The lowest BCUT2D eigenvalue weighted by molar-refractivity contribution is 0.479. The zero-order valence-corrected chi connectivity index (χ0v) is 11.3. The Morgan fingerprint density at radius 2 is 1.82 bits per heavy atom. The first-order valence-corrected chi connectivity index (χ1v) is 6.28. The van der Waals surface area contributed by atoms with E-state index in [0.717, 1.165) is 21.5 Å². The molecule has 2 aromatic rings. The lowest BCUT2D eigenvalue weighted by atomic mass is 10.2. The number of hydrogen-bond donors (Lipinski definition) is 1. The van der Waals surface area contributed by atoms with Crippen LogP contribution in [0, 0.1) is 0 Å². The molecule has 88 valence electrons. The quantitative estimate of drug-likeness (QED) is 0.914. The van der Waals surface area contributed by atoms with Crippen molar-refractivity contribution in [3.63, 3.8) is 0 Å². The predicted molar refractivity (Wildman–Crippen MR) is 73.6 cm³/mol. The Bertz CT molecular complexity index is 513. The average molecular weight is 313 g/mol. The summed E-state index contributed by atoms with van der Waals surface area (Å²) in [5, 5.41) is 0.669. The van der Waals surface area contributed by atoms with Crippen LogP contribution in [0.4, 0.5) is 0 Å². The molecule has 4 heteroatoms. The predicted octanol–water partition coefficient (Wildman–Crippen LogP) is 4.35. The Hall–Kier alpha value is -1.03. The topological polar surface area (TPSA) is 35.2 Å². The van der Waals surface area contributed by atoms with Crippen LogP contribution in [0.15, 0.2) is 46.9 Å². The molecule has 0 atom stereocenters. The summed E-state index contributed by atoms with van der Waals surface area (Å²) in [5.41, 5.74) is 6.61. The van der Waals surface area contributed by atoms with Crippen molar-refractivity contribution < 1.29 is 4.74 Å². The van der Waals surface area contributed by atoms with Crippen LogP contribution in [-0.4, -0.2) is 0 Å². The molecule has 0 aliphatic carbocycles. The van der Waals surface area contributed by atoms with Crippen molar-refractivity contribution >= 4 is 27.5 Å². The van der Waals surface area contributed by atoms with Crippen LogP contribution >= 0.6 is 27.5 Å². The number of ether oxygens (including phenoxy) is 1. The minimum Gasteiger partial charge on any atom is -0.456 e. The summed E-state index contributed by atoms with van der Waals surface area (Å²) in [7, 11) is 0. The van der Waals surface area contributed by atoms with E-state index in [1.165, 1.54) is 0 Å². The Kier molecular flexibility index (Phi) is 4.05. The van der Waals surface area contributed by atoms with Gasteiger partial charge in [0, 0.05) is 11.6 Å². The van der Waals surface area contributed by atoms with Gasteiger partial charge in [0.25, 0.3) is 0 Å². The van der Waals surface area contributed by atoms with Gasteiger partial charge in [0.05, 0.1) is 4.47 Å². The molecule has 0 spiro atoms. The molecule has 0 unspecified atom stereocenters. The highest BCUT2D eigenvalue weighted by atomic mass is 79.9. The minimum atomic E-state index is 0.533. The molecule has 0 aromatic heterocycles. The molecule has 0 radical (unpaired) electrons. The van der Waals surface area contributed by atoms with Crippen LogP contribution < -0.4 is 10.5 Å². The minimum absolute atomic E-state index is 0.533. The summed E-state index contributed by atoms with van der Waals surface area (Å²) in [5.74, 6) is 1.50. The normalized spacial score (nSPS) is 10.3. The number of halogens is 2. The van der Waals surface area contributed by atoms with E-state index in [9.17, 15) is 0 Å². The third-order valence-electron chi connectivity index (χ3n) is 2.28. The second-order valence-electron chi connectivity index (χ2n) is 3.52. The smallest absolute Gasteiger partial charge is 0.141 e. The molecular formula is C13H11BrClNO. The first-order valence-electron chi connectivity index (χ1n) is 5.11. The van der Waals surface area contributed by atoms with E-state index in [4.69, 9.17) is 22.1 Å². The zero-order valence-electron chi connectivity index (χ0n) is 8.99. The fraction of sp³-hybridized carbons (Fsp3) is 0.0769. The van der Waals surface area contributed by atoms with E-state index in [0.29, 0.717) is 11.6 Å². The standard InChI is InChI=1S/C13H11BrClNO/c14-12-7-10(15)3-6-13(12)17-11-4-1-9(8-16)2-5-11/h1-7H,8,16H2. The SMILES string of the molecule is NCc1ccc(Oc2ccc(Cl)cc2Br)cc1. The van der Waals surface area contributed by atoms with Crippen LogP contribution in [0.25, 0.3) is 0 Å². The molecule has 0 saturated carbocycles. The van der Waals surface area contributed by atoms with Crippen molar-refractivity contribution in [3.8, 4) is 11.5 Å². The highest BCUT2D eigenvalue weighted by Crippen LogP contribution is 2.31. The fourth-order valence-corrected chi connectivity index (χ4v) is 2.14. The maximum atomic E-state index is 5.86. The van der Waals surface area contributed by atoms with Gasteiger partial charge in [0.1, 0.15) is 11.5 Å². The number of rotatable bonds is 3. The van der Waals surface area contributed by atoms with Crippen LogP contribution in [-0.2, 0) is 6.54 Å². The molecule has 2 rings (SSSR count). The Morgan fingerprint density at radius 3 is 2.41 bits per heavy atom. The third-order valence-corrected chi connectivity index (χ3v) is 3.14. The van der Waals surface area contributed by atoms with E-state index < -0.39 is 0 Å². The van der Waals surface area contributed by atoms with Gasteiger partial charge >= 0.3 is 0 Å². The van der Waals surface area contributed by atoms with Crippen LogP contribution in [0.3, 0.4) is 0 Å². The molecule has 2 N–H and O–H groups in total. The molecule has 0 fully saturated rings. The van der Waals surface area contributed by atoms with E-state index >= 15 is 0 Å². The van der Waals surface area contributed by atoms with Crippen LogP contribution in [0.5, 0.6) is 11.5 Å². The van der Waals surface area contributed by atoms with Crippen molar-refractivity contribution in [1.82, 2.24) is 0 Å². The second-order valence-corrected chi connectivity index (χ2v) is 4.82. The van der Waals surface area contributed by atoms with Crippen LogP contribution in [0.2, 0.25) is 5.02 Å². The molecule has 0 amide bonds. The molecule has 2 nitrogen and oxygen atoms in total. The number of hydrogen-bond acceptors (Lipinski definition) is 2. The summed E-state index contributed by atoms with van der Waals surface area (Å²) in [4.78, 5) is 0. The third kappa shape index (κ3) is 3.22. The van der Waals surface area contributed by atoms with E-state index in [1.54, 1.807) is 12.1 Å². The maximum Gasteiger partial charge on any atom is 0.141 e. The van der Waals surface area contributed by atoms with Gasteiger partial charge in [-0.3, -0.25) is 0 Å². The molecule has 0 saturated heterocycles. The van der Waals surface area contributed by atoms with Gasteiger partial charge in [-0.05, 0) is 51.8 Å². The van der Waals surface area contributed by atoms with Gasteiger partial charge in [-0.25, -0.2) is 0 Å². The monoisotopic (exact) mass is 311 g/mol. The first kappa shape index (κ1) is 12.4. The summed E-state index contributed by atoms with van der Waals surface area (Å²) in [6, 6.07) is 13.1. The Morgan fingerprint density at radius 1 is 1.12 bits per heavy atom. The maximum absolute atomic E-state index is 5.86. The van der Waals surface area contributed by atoms with Gasteiger partial charge < -0.3 is 10.5 Å². The molecule has 2 aromatic carbocycles. The molecule has 0 aliphatic rings. The van der Waals surface area contributed by atoms with Crippen molar-refractivity contribution in [3.05, 3.63) is 57.5 Å². The summed E-state index contributed by atoms with van der Waals surface area (Å²) >= 11 is 9.26. The van der Waals surface area contributed by atoms with E-state index in [-0.39, 0.29) is 0 Å². The van der Waals surface area contributed by atoms with E-state index in [1.807, 2.05) is 30.3 Å². The summed E-state index contributed by atoms with van der Waals surface area (Å²) < 4.78 is 6.54. The Labute approximate surface area is 113 Å². The molecule has 0 bridgehead atoms. The van der Waals surface area contributed by atoms with Crippen LogP contribution in [0.1, 0.15) is 5.56 Å². The largest absolute Gasteiger partial charge is 0.456 e. The number of benzene rings is 2. The molecule has 17 heavy (non-hydrogen) atoms. The fourth-order valence-electron chi connectivity index (χ4n) is 1.38. The first-order chi connectivity index (χ1) is 8.19. The molecule has 0 aliphatic heterocycles. The van der Waals surface area contributed by atoms with Gasteiger partial charge in [-0.2, -0.15) is 0 Å². The summed E-state index contributed by atoms with van der Waals surface area (Å²) in [6.45, 7) is 0.533. The highest BCUT2D eigenvalue weighted by Gasteiger charge is 2.03. The van der Waals surface area contributed by atoms with E-state index in [2.05, 4.69) is 15.9 Å². The zero-order chi connectivity index (χ0) is 12.3. The van der Waals surface area contributed by atoms with Gasteiger partial charge in [0.2, 0.25) is 0 Å². The molecular weight excluding hydrogens is 302 g/mol. The van der Waals surface area contributed by atoms with Gasteiger partial charge in [-0.1, -0.05) is 23.7 Å². The van der Waals surface area contributed by atoms with Gasteiger partial charge in [-0.15, -0.1) is 0 Å².